The maximum atomic E-state index is 13.1. The largest absolute Gasteiger partial charge is 0.490 e. The van der Waals surface area contributed by atoms with Crippen LogP contribution in [-0.4, -0.2) is 43.9 Å². The number of aryl methyl sites for hydroxylation is 1. The van der Waals surface area contributed by atoms with Crippen molar-refractivity contribution in [3.63, 3.8) is 0 Å². The molecule has 0 atom stereocenters. The average Bonchev–Trinajstić information content (AvgIpc) is 3.44. The highest BCUT2D eigenvalue weighted by atomic mass is 32.2. The number of anilines is 1. The van der Waals surface area contributed by atoms with E-state index in [1.165, 1.54) is 42.4 Å². The fourth-order valence-electron chi connectivity index (χ4n) is 4.26. The maximum absolute atomic E-state index is 13.1. The first-order chi connectivity index (χ1) is 17.5. The Balaban J connectivity index is 1.24. The van der Waals surface area contributed by atoms with Crippen molar-refractivity contribution < 1.29 is 14.3 Å². The zero-order valence-electron chi connectivity index (χ0n) is 20.5. The minimum absolute atomic E-state index is 0.0572. The van der Waals surface area contributed by atoms with Gasteiger partial charge in [-0.05, 0) is 57.1 Å². The van der Waals surface area contributed by atoms with E-state index in [4.69, 9.17) is 17.0 Å². The maximum Gasteiger partial charge on any atom is 0.266 e. The van der Waals surface area contributed by atoms with E-state index >= 15 is 0 Å². The fourth-order valence-corrected chi connectivity index (χ4v) is 6.26. The molecular weight excluding hydrogens is 513 g/mol. The van der Waals surface area contributed by atoms with Crippen LogP contribution in [0.15, 0.2) is 29.2 Å². The first-order valence-corrected chi connectivity index (χ1v) is 14.7. The first-order valence-electron chi connectivity index (χ1n) is 12.7. The van der Waals surface area contributed by atoms with Gasteiger partial charge in [-0.15, -0.1) is 10.2 Å². The van der Waals surface area contributed by atoms with Crippen molar-refractivity contribution in [2.24, 2.45) is 0 Å². The van der Waals surface area contributed by atoms with Crippen molar-refractivity contribution in [2.75, 3.05) is 11.9 Å². The van der Waals surface area contributed by atoms with Gasteiger partial charge in [-0.1, -0.05) is 73.3 Å². The van der Waals surface area contributed by atoms with Crippen LogP contribution in [0, 0.1) is 0 Å². The number of hydrogen-bond acceptors (Lipinski definition) is 8. The molecule has 2 aromatic rings. The number of nitrogens with one attached hydrogen (secondary N) is 1. The summed E-state index contributed by atoms with van der Waals surface area (Å²) in [5.41, 5.74) is 0.913. The molecular formula is C26H32N4O3S3. The molecule has 2 fully saturated rings. The minimum Gasteiger partial charge on any atom is -0.490 e. The van der Waals surface area contributed by atoms with Crippen LogP contribution in [0.5, 0.6) is 5.75 Å². The van der Waals surface area contributed by atoms with Crippen LogP contribution < -0.4 is 10.1 Å². The Hall–Kier alpha value is -2.30. The average molecular weight is 545 g/mol. The van der Waals surface area contributed by atoms with Crippen LogP contribution in [0.2, 0.25) is 0 Å². The molecule has 1 N–H and O–H groups in total. The Morgan fingerprint density at radius 1 is 1.19 bits per heavy atom. The lowest BCUT2D eigenvalue weighted by Crippen LogP contribution is -2.29. The van der Waals surface area contributed by atoms with Crippen LogP contribution in [0.4, 0.5) is 5.13 Å². The summed E-state index contributed by atoms with van der Waals surface area (Å²) in [5.74, 6) is 0.710. The summed E-state index contributed by atoms with van der Waals surface area (Å²) in [6.07, 6.45) is 11.6. The molecule has 4 rings (SSSR count). The molecule has 1 aliphatic carbocycles. The molecule has 10 heteroatoms. The molecule has 1 aliphatic heterocycles. The fraction of sp³-hybridized carbons (Fsp3) is 0.500. The predicted octanol–water partition coefficient (Wildman–Crippen LogP) is 6.21. The second kappa shape index (κ2) is 13.3. The Kier molecular flexibility index (Phi) is 9.89. The highest BCUT2D eigenvalue weighted by Gasteiger charge is 2.31. The van der Waals surface area contributed by atoms with Crippen LogP contribution in [0.3, 0.4) is 0 Å². The van der Waals surface area contributed by atoms with Crippen molar-refractivity contribution in [3.05, 3.63) is 39.7 Å². The molecule has 1 saturated carbocycles. The number of benzene rings is 1. The third kappa shape index (κ3) is 7.36. The molecule has 0 radical (unpaired) electrons. The van der Waals surface area contributed by atoms with Crippen LogP contribution in [-0.2, 0) is 16.0 Å². The molecule has 0 spiro atoms. The van der Waals surface area contributed by atoms with E-state index < -0.39 is 0 Å². The Morgan fingerprint density at radius 2 is 2.00 bits per heavy atom. The molecule has 0 unspecified atom stereocenters. The van der Waals surface area contributed by atoms with Crippen molar-refractivity contribution in [1.29, 1.82) is 0 Å². The van der Waals surface area contributed by atoms with Gasteiger partial charge in [0.05, 0.1) is 11.0 Å². The summed E-state index contributed by atoms with van der Waals surface area (Å²) in [5, 5.41) is 12.2. The lowest BCUT2D eigenvalue weighted by Gasteiger charge is -2.23. The lowest BCUT2D eigenvalue weighted by molar-refractivity contribution is -0.122. The molecule has 0 bridgehead atoms. The van der Waals surface area contributed by atoms with Gasteiger partial charge in [0.2, 0.25) is 11.0 Å². The van der Waals surface area contributed by atoms with E-state index in [1.807, 2.05) is 37.3 Å². The summed E-state index contributed by atoms with van der Waals surface area (Å²) < 4.78 is 6.87. The van der Waals surface area contributed by atoms with E-state index in [-0.39, 0.29) is 17.9 Å². The summed E-state index contributed by atoms with van der Waals surface area (Å²) in [6.45, 7) is 2.56. The molecule has 2 heterocycles. The zero-order chi connectivity index (χ0) is 25.3. The highest BCUT2D eigenvalue weighted by molar-refractivity contribution is 8.26. The van der Waals surface area contributed by atoms with Gasteiger partial charge in [0.1, 0.15) is 15.1 Å². The Morgan fingerprint density at radius 3 is 2.78 bits per heavy atom. The van der Waals surface area contributed by atoms with E-state index in [1.54, 1.807) is 4.90 Å². The Bertz CT molecular complexity index is 1110. The summed E-state index contributed by atoms with van der Waals surface area (Å²) in [4.78, 5) is 27.5. The Labute approximate surface area is 226 Å². The third-order valence-corrected chi connectivity index (χ3v) is 8.59. The number of aromatic nitrogens is 2. The smallest absolute Gasteiger partial charge is 0.266 e. The van der Waals surface area contributed by atoms with Crippen molar-refractivity contribution in [1.82, 2.24) is 15.1 Å². The number of para-hydroxylation sites is 1. The van der Waals surface area contributed by atoms with Crippen molar-refractivity contribution in [2.45, 2.75) is 77.2 Å². The number of hydrogen-bond donors (Lipinski definition) is 1. The number of thiocarbonyl (C=S) groups is 1. The molecule has 1 aromatic carbocycles. The number of nitrogens with zero attached hydrogens (tertiary/aromatic N) is 3. The predicted molar refractivity (Wildman–Crippen MR) is 150 cm³/mol. The van der Waals surface area contributed by atoms with E-state index in [9.17, 15) is 9.59 Å². The molecule has 192 valence electrons. The second-order valence-corrected chi connectivity index (χ2v) is 11.7. The number of rotatable bonds is 11. The lowest BCUT2D eigenvalue weighted by atomic mass is 9.97. The van der Waals surface area contributed by atoms with Gasteiger partial charge in [0.15, 0.2) is 0 Å². The topological polar surface area (TPSA) is 84.4 Å². The number of unbranched alkanes of at least 4 members (excludes halogenated alkanes) is 2. The number of thioether (sulfide) groups is 1. The second-order valence-electron chi connectivity index (χ2n) is 8.96. The van der Waals surface area contributed by atoms with Crippen molar-refractivity contribution >= 4 is 62.7 Å². The van der Waals surface area contributed by atoms with Gasteiger partial charge >= 0.3 is 0 Å². The van der Waals surface area contributed by atoms with E-state index in [2.05, 4.69) is 15.5 Å². The van der Waals surface area contributed by atoms with Crippen LogP contribution in [0.1, 0.15) is 75.3 Å². The van der Waals surface area contributed by atoms with Gasteiger partial charge < -0.3 is 10.1 Å². The molecule has 1 aromatic heterocycles. The van der Waals surface area contributed by atoms with Crippen LogP contribution in [0.25, 0.3) is 6.08 Å². The minimum atomic E-state index is -0.0588. The number of ether oxygens (including phenoxy) is 1. The van der Waals surface area contributed by atoms with E-state index in [0.717, 1.165) is 54.8 Å². The van der Waals surface area contributed by atoms with Gasteiger partial charge in [0.25, 0.3) is 5.91 Å². The molecule has 7 nitrogen and oxygen atoms in total. The number of carbonyl (C=O) groups excluding carboxylic acids is 2. The summed E-state index contributed by atoms with van der Waals surface area (Å²) in [7, 11) is 0. The van der Waals surface area contributed by atoms with Gasteiger partial charge in [0, 0.05) is 18.5 Å². The molecule has 2 aliphatic rings. The quantitative estimate of drug-likeness (QED) is 0.204. The normalized spacial score (nSPS) is 17.7. The van der Waals surface area contributed by atoms with Gasteiger partial charge in [-0.2, -0.15) is 0 Å². The number of amides is 2. The molecule has 1 saturated heterocycles. The van der Waals surface area contributed by atoms with Crippen LogP contribution >= 0.6 is 35.3 Å². The first kappa shape index (κ1) is 26.8. The summed E-state index contributed by atoms with van der Waals surface area (Å²) in [6, 6.07) is 7.90. The van der Waals surface area contributed by atoms with Crippen molar-refractivity contribution in [3.8, 4) is 5.75 Å². The summed E-state index contributed by atoms with van der Waals surface area (Å²) >= 11 is 8.25. The highest BCUT2D eigenvalue weighted by Crippen LogP contribution is 2.35. The van der Waals surface area contributed by atoms with Gasteiger partial charge in [-0.25, -0.2) is 0 Å². The SMILES string of the molecule is CCc1nnc(NC(=O)CCCCCN2C(=O)/C(=C/c3ccccc3OC3CCCCC3)SC2=S)s1. The standard InChI is InChI=1S/C26H32N4O3S3/c1-2-23-28-29-25(36-23)27-22(31)15-7-4-10-16-30-24(32)21(35-26(30)34)17-18-11-8-9-14-20(18)33-19-12-5-3-6-13-19/h8-9,11,14,17,19H,2-7,10,12-13,15-16H2,1H3,(H,27,29,31)/b21-17-. The van der Waals surface area contributed by atoms with Gasteiger partial charge in [-0.3, -0.25) is 14.5 Å². The molecule has 36 heavy (non-hydrogen) atoms. The molecule has 2 amide bonds. The zero-order valence-corrected chi connectivity index (χ0v) is 23.0. The monoisotopic (exact) mass is 544 g/mol. The number of carbonyl (C=O) groups is 2. The van der Waals surface area contributed by atoms with E-state index in [0.29, 0.717) is 27.3 Å². The third-order valence-electron chi connectivity index (χ3n) is 6.23.